The van der Waals surface area contributed by atoms with E-state index in [4.69, 9.17) is 27.4 Å². The Morgan fingerprint density at radius 1 is 1.32 bits per heavy atom. The van der Waals surface area contributed by atoms with Gasteiger partial charge in [-0.05, 0) is 60.5 Å². The van der Waals surface area contributed by atoms with Gasteiger partial charge >= 0.3 is 6.29 Å². The zero-order chi connectivity index (χ0) is 44.4. The molecule has 0 saturated heterocycles. The topological polar surface area (TPSA) is 80.9 Å². The van der Waals surface area contributed by atoms with Crippen molar-refractivity contribution >= 4 is 16.7 Å². The average molecular weight is 538 g/mol. The van der Waals surface area contributed by atoms with Gasteiger partial charge in [0.1, 0.15) is 11.6 Å². The van der Waals surface area contributed by atoms with E-state index in [1.807, 2.05) is 0 Å². The molecule has 0 bridgehead atoms. The fourth-order valence-corrected chi connectivity index (χ4v) is 3.61. The summed E-state index contributed by atoms with van der Waals surface area (Å²) in [7, 11) is 0. The van der Waals surface area contributed by atoms with E-state index < -0.39 is 156 Å². The molecule has 1 aromatic heterocycles. The van der Waals surface area contributed by atoms with Gasteiger partial charge in [0.2, 0.25) is 0 Å². The number of ketones is 1. The van der Waals surface area contributed by atoms with Crippen LogP contribution in [0.25, 0.3) is 10.9 Å². The molecular weight excluding hydrogens is 487 g/mol. The van der Waals surface area contributed by atoms with Gasteiger partial charge in [0.25, 0.3) is 0 Å². The summed E-state index contributed by atoms with van der Waals surface area (Å²) in [6, 6.07) is -8.63. The quantitative estimate of drug-likeness (QED) is 0.402. The Labute approximate surface area is 240 Å². The van der Waals surface area contributed by atoms with Crippen LogP contribution < -0.4 is 9.47 Å². The number of hydrogen-bond donors (Lipinski definition) is 2. The number of rotatable bonds is 9. The van der Waals surface area contributed by atoms with Crippen LogP contribution in [0, 0.1) is 5.82 Å². The lowest BCUT2D eigenvalue weighted by Gasteiger charge is -2.26. The number of nitrogens with zero attached hydrogens (tertiary/aromatic N) is 1. The third-order valence-electron chi connectivity index (χ3n) is 5.69. The van der Waals surface area contributed by atoms with Crippen molar-refractivity contribution < 1.29 is 65.1 Å². The van der Waals surface area contributed by atoms with Gasteiger partial charge in [-0.15, -0.1) is 8.78 Å². The summed E-state index contributed by atoms with van der Waals surface area (Å²) in [6.45, 7) is -11.0. The van der Waals surface area contributed by atoms with Crippen molar-refractivity contribution in [1.82, 2.24) is 4.57 Å². The molecule has 3 aromatic rings. The van der Waals surface area contributed by atoms with E-state index in [1.165, 1.54) is 0 Å². The third kappa shape index (κ3) is 4.48. The van der Waals surface area contributed by atoms with Gasteiger partial charge in [0, 0.05) is 35.3 Å². The number of halogens is 3. The highest BCUT2D eigenvalue weighted by Crippen LogP contribution is 2.52. The van der Waals surface area contributed by atoms with Gasteiger partial charge in [-0.2, -0.15) is 0 Å². The van der Waals surface area contributed by atoms with Crippen molar-refractivity contribution in [2.75, 3.05) is 6.56 Å². The molecule has 37 heavy (non-hydrogen) atoms. The number of aromatic nitrogens is 1. The van der Waals surface area contributed by atoms with Crippen LogP contribution in [0.4, 0.5) is 13.2 Å². The lowest BCUT2D eigenvalue weighted by atomic mass is 9.86. The summed E-state index contributed by atoms with van der Waals surface area (Å²) in [5, 5.41) is 19.6. The molecule has 0 spiro atoms. The van der Waals surface area contributed by atoms with E-state index >= 15 is 4.39 Å². The largest absolute Gasteiger partial charge is 0.586 e. The zero-order valence-corrected chi connectivity index (χ0v) is 18.9. The van der Waals surface area contributed by atoms with Crippen molar-refractivity contribution in [2.45, 2.75) is 75.9 Å². The summed E-state index contributed by atoms with van der Waals surface area (Å²) in [5.41, 5.74) is -12.1. The van der Waals surface area contributed by atoms with Crippen LogP contribution >= 0.6 is 0 Å². The normalized spacial score (nSPS) is 32.5. The highest BCUT2D eigenvalue weighted by molar-refractivity contribution is 5.95. The van der Waals surface area contributed by atoms with Crippen molar-refractivity contribution in [2.24, 2.45) is 0 Å². The lowest BCUT2D eigenvalue weighted by molar-refractivity contribution is -0.286. The number of hydrogen-bond acceptors (Lipinski definition) is 5. The molecule has 1 aliphatic heterocycles. The smallest absolute Gasteiger partial charge is 0.395 e. The van der Waals surface area contributed by atoms with Crippen LogP contribution in [-0.4, -0.2) is 39.5 Å². The molecule has 1 aliphatic carbocycles. The summed E-state index contributed by atoms with van der Waals surface area (Å²) in [6.07, 6.45) is -20.8. The molecule has 0 radical (unpaired) electrons. The van der Waals surface area contributed by atoms with E-state index in [2.05, 4.69) is 9.47 Å². The highest BCUT2D eigenvalue weighted by Gasteiger charge is 2.52. The van der Waals surface area contributed by atoms with Crippen LogP contribution in [-0.2, 0) is 28.5 Å². The zero-order valence-electron chi connectivity index (χ0n) is 38.9. The van der Waals surface area contributed by atoms with E-state index in [0.29, 0.717) is 13.8 Å². The molecule has 6 nitrogen and oxygen atoms in total. The van der Waals surface area contributed by atoms with Gasteiger partial charge in [-0.3, -0.25) is 4.79 Å². The first kappa shape index (κ1) is 11.0. The SMILES string of the molecule is [2H]c1c([2H])c(C2(C(=O)Cc3c(F)c([2H])c4c(c3[2H])c([2H])c(C(C)(C([2H])([2H])[2H])C([2H])([2H])C)n4C([2H])([2H])[C@]([2H])(O)C([2H])([2H])O)C([2H])([2H])C2([2H])[2H])c([2H])c2c1OC(F)(F)O2. The number of benzene rings is 2. The summed E-state index contributed by atoms with van der Waals surface area (Å²) in [5.74, 6) is -6.37. The Kier molecular flexibility index (Phi) is 2.60. The predicted molar refractivity (Wildman–Crippen MR) is 131 cm³/mol. The van der Waals surface area contributed by atoms with Gasteiger partial charge in [-0.25, -0.2) is 4.39 Å². The Bertz CT molecular complexity index is 2230. The van der Waals surface area contributed by atoms with Crippen molar-refractivity contribution in [1.29, 1.82) is 0 Å². The molecule has 1 saturated carbocycles. The molecule has 198 valence electrons. The molecule has 2 aromatic carbocycles. The molecule has 5 rings (SSSR count). The minimum Gasteiger partial charge on any atom is -0.395 e. The monoisotopic (exact) mass is 537 g/mol. The van der Waals surface area contributed by atoms with Crippen LogP contribution in [0.3, 0.4) is 0 Å². The molecule has 2 aliphatic rings. The second-order valence-corrected chi connectivity index (χ2v) is 8.20. The maximum absolute atomic E-state index is 16.6. The van der Waals surface area contributed by atoms with E-state index in [9.17, 15) is 23.8 Å². The first-order chi connectivity index (χ1) is 25.2. The third-order valence-corrected chi connectivity index (χ3v) is 5.69. The van der Waals surface area contributed by atoms with Crippen molar-refractivity contribution in [3.63, 3.8) is 0 Å². The molecule has 2 N–H and O–H groups in total. The maximum atomic E-state index is 16.6. The molecular formula is C28H30F3NO5. The minimum atomic E-state index is -4.53. The molecule has 2 atom stereocenters. The van der Waals surface area contributed by atoms with Crippen LogP contribution in [0.5, 0.6) is 11.5 Å². The van der Waals surface area contributed by atoms with E-state index in [-0.39, 0.29) is 4.57 Å². The summed E-state index contributed by atoms with van der Waals surface area (Å²) in [4.78, 5) is 14.3. The van der Waals surface area contributed by atoms with Gasteiger partial charge in [0.05, 0.1) is 45.1 Å². The van der Waals surface area contributed by atoms with Crippen LogP contribution in [0.2, 0.25) is 0 Å². The van der Waals surface area contributed by atoms with Gasteiger partial charge < -0.3 is 24.3 Å². The fraction of sp³-hybridized carbons (Fsp3) is 0.464. The first-order valence-corrected chi connectivity index (χ1v) is 10.4. The second-order valence-electron chi connectivity index (χ2n) is 8.20. The molecule has 9 heteroatoms. The Balaban J connectivity index is 1.89. The van der Waals surface area contributed by atoms with Gasteiger partial charge in [0.15, 0.2) is 11.5 Å². The summed E-state index contributed by atoms with van der Waals surface area (Å²) < 4.78 is 220. The van der Waals surface area contributed by atoms with Gasteiger partial charge in [-0.1, -0.05) is 26.7 Å². The number of ether oxygens (including phenoxy) is 2. The number of aliphatic hydroxyl groups is 2. The Hall–Kier alpha value is -3.04. The molecule has 0 amide bonds. The van der Waals surface area contributed by atoms with E-state index in [0.717, 1.165) is 0 Å². The Morgan fingerprint density at radius 2 is 2.05 bits per heavy atom. The number of Topliss-reactive ketones (excluding diaryl/α,β-unsaturated/α-hetero) is 1. The molecule has 1 unspecified atom stereocenters. The van der Waals surface area contributed by atoms with Crippen molar-refractivity contribution in [3.05, 3.63) is 58.9 Å². The number of carbonyl (C=O) groups is 1. The van der Waals surface area contributed by atoms with Crippen molar-refractivity contribution in [3.8, 4) is 11.5 Å². The predicted octanol–water partition coefficient (Wildman–Crippen LogP) is 4.99. The second kappa shape index (κ2) is 8.77. The van der Waals surface area contributed by atoms with E-state index in [1.54, 1.807) is 0 Å². The number of carbonyl (C=O) groups excluding carboxylic acids is 1. The fourth-order valence-electron chi connectivity index (χ4n) is 3.61. The number of alkyl halides is 2. The minimum absolute atomic E-state index is 0.287. The standard InChI is InChI=1S/C28H30F3NO5/c1-4-26(2,3)24-10-17-9-16(20(29)13-21(17)32(24)14-19(34)15-33)11-25(35)27(7-8-27)18-5-6-22-23(12-18)37-28(30,31)36-22/h5-6,9-10,12-13,19,33-34H,4,7-8,11,14-15H2,1-3H3/t19-/m0/s1/i2D3,4D2,5D,6D,7D2,8D2,9D,10D,12D,13D,14D2,15D2,19D/t19-,26?. The summed E-state index contributed by atoms with van der Waals surface area (Å²) >= 11 is 0. The van der Waals surface area contributed by atoms with Crippen LogP contribution in [0.15, 0.2) is 36.3 Å². The maximum Gasteiger partial charge on any atom is 0.586 e. The first-order valence-electron chi connectivity index (χ1n) is 20.4. The molecule has 1 fully saturated rings. The lowest BCUT2D eigenvalue weighted by Crippen LogP contribution is -2.26. The average Bonchev–Trinajstić information content (AvgIpc) is 3.33. The Morgan fingerprint density at radius 3 is 2.70 bits per heavy atom. The number of fused-ring (bicyclic) bond motifs is 2. The highest BCUT2D eigenvalue weighted by atomic mass is 19.3. The molecule has 2 heterocycles. The van der Waals surface area contributed by atoms with Crippen LogP contribution in [0.1, 0.15) is 84.1 Å².